The number of rotatable bonds is 10. The van der Waals surface area contributed by atoms with Crippen LogP contribution in [0.4, 0.5) is 0 Å². The summed E-state index contributed by atoms with van der Waals surface area (Å²) in [5, 5.41) is 0. The summed E-state index contributed by atoms with van der Waals surface area (Å²) in [4.78, 5) is 35.7. The van der Waals surface area contributed by atoms with Crippen molar-refractivity contribution >= 4 is 25.1 Å². The molecule has 0 radical (unpaired) electrons. The van der Waals surface area contributed by atoms with Gasteiger partial charge in [-0.25, -0.2) is 14.2 Å². The number of hydrogen-bond donors (Lipinski definition) is 0. The van der Waals surface area contributed by atoms with Gasteiger partial charge < -0.3 is 9.05 Å². The van der Waals surface area contributed by atoms with Crippen molar-refractivity contribution in [2.24, 2.45) is 5.92 Å². The van der Waals surface area contributed by atoms with Crippen molar-refractivity contribution in [3.8, 4) is 0 Å². The molecular weight excluding hydrogens is 319 g/mol. The van der Waals surface area contributed by atoms with E-state index >= 15 is 0 Å². The normalized spacial score (nSPS) is 13.2. The van der Waals surface area contributed by atoms with Crippen molar-refractivity contribution in [2.45, 2.75) is 53.4 Å². The van der Waals surface area contributed by atoms with Gasteiger partial charge in [0.25, 0.3) is 5.52 Å². The van der Waals surface area contributed by atoms with Crippen molar-refractivity contribution in [3.05, 3.63) is 24.3 Å². The van der Waals surface area contributed by atoms with E-state index in [1.165, 1.54) is 12.2 Å². The average Bonchev–Trinajstić information content (AvgIpc) is 2.47. The Morgan fingerprint density at radius 1 is 1.00 bits per heavy atom. The first-order chi connectivity index (χ1) is 10.8. The summed E-state index contributed by atoms with van der Waals surface area (Å²) in [6.07, 6.45) is 7.31. The third-order valence-corrected chi connectivity index (χ3v) is 4.79. The van der Waals surface area contributed by atoms with E-state index in [0.717, 1.165) is 25.0 Å². The maximum absolute atomic E-state index is 12.7. The summed E-state index contributed by atoms with van der Waals surface area (Å²) in [7, 11) is -4.54. The predicted octanol–water partition coefficient (Wildman–Crippen LogP) is 4.16. The first-order valence-corrected chi connectivity index (χ1v) is 9.25. The highest BCUT2D eigenvalue weighted by molar-refractivity contribution is 7.72. The second-order valence-corrected chi connectivity index (χ2v) is 6.70. The fourth-order valence-electron chi connectivity index (χ4n) is 1.85. The first kappa shape index (κ1) is 21.3. The van der Waals surface area contributed by atoms with Crippen molar-refractivity contribution in [1.29, 1.82) is 0 Å². The lowest BCUT2D eigenvalue weighted by Gasteiger charge is -2.20. The van der Waals surface area contributed by atoms with E-state index in [1.807, 2.05) is 6.92 Å². The predicted molar refractivity (Wildman–Crippen MR) is 87.7 cm³/mol. The van der Waals surface area contributed by atoms with Crippen molar-refractivity contribution in [3.63, 3.8) is 0 Å². The quantitative estimate of drug-likeness (QED) is 0.437. The molecule has 0 aliphatic carbocycles. The van der Waals surface area contributed by atoms with Gasteiger partial charge in [-0.1, -0.05) is 38.8 Å². The Bertz CT molecular complexity index is 491. The molecule has 0 aromatic carbocycles. The van der Waals surface area contributed by atoms with Crippen LogP contribution in [-0.4, -0.2) is 17.5 Å². The molecule has 0 rings (SSSR count). The molecule has 6 nitrogen and oxygen atoms in total. The second-order valence-electron chi connectivity index (χ2n) is 4.90. The van der Waals surface area contributed by atoms with Gasteiger partial charge in [-0.2, -0.15) is 0 Å². The molecule has 0 aromatic rings. The molecule has 1 atom stereocenters. The summed E-state index contributed by atoms with van der Waals surface area (Å²) < 4.78 is 22.2. The molecule has 0 aliphatic heterocycles. The van der Waals surface area contributed by atoms with Crippen LogP contribution in [0.15, 0.2) is 24.3 Å². The molecule has 0 amide bonds. The van der Waals surface area contributed by atoms with Gasteiger partial charge in [-0.15, -0.1) is 0 Å². The summed E-state index contributed by atoms with van der Waals surface area (Å²) in [5.41, 5.74) is -0.829. The lowest BCUT2D eigenvalue weighted by atomic mass is 10.0. The van der Waals surface area contributed by atoms with Crippen LogP contribution in [0.2, 0.25) is 0 Å². The van der Waals surface area contributed by atoms with Crippen LogP contribution in [0, 0.1) is 5.92 Å². The maximum Gasteiger partial charge on any atom is 0.503 e. The SMILES string of the molecule is C/C=C/C(=O)OP(=O)(OC(=O)/C=C/C)C(=O)C(CC)CCCC. The smallest absolute Gasteiger partial charge is 0.374 e. The van der Waals surface area contributed by atoms with Crippen molar-refractivity contribution < 1.29 is 28.0 Å². The third kappa shape index (κ3) is 7.42. The van der Waals surface area contributed by atoms with Crippen molar-refractivity contribution in [2.75, 3.05) is 0 Å². The largest absolute Gasteiger partial charge is 0.503 e. The molecule has 23 heavy (non-hydrogen) atoms. The van der Waals surface area contributed by atoms with Gasteiger partial charge in [-0.05, 0) is 26.7 Å². The van der Waals surface area contributed by atoms with E-state index < -0.39 is 31.0 Å². The maximum atomic E-state index is 12.7. The zero-order valence-corrected chi connectivity index (χ0v) is 15.0. The summed E-state index contributed by atoms with van der Waals surface area (Å²) in [6, 6.07) is 0. The first-order valence-electron chi connectivity index (χ1n) is 7.71. The minimum atomic E-state index is -4.54. The number of unbranched alkanes of at least 4 members (excludes halogenated alkanes) is 1. The van der Waals surface area contributed by atoms with Crippen molar-refractivity contribution in [1.82, 2.24) is 0 Å². The highest BCUT2D eigenvalue weighted by Gasteiger charge is 2.44. The van der Waals surface area contributed by atoms with E-state index in [1.54, 1.807) is 20.8 Å². The number of carbonyl (C=O) groups is 3. The van der Waals surface area contributed by atoms with Crippen LogP contribution in [0.1, 0.15) is 53.4 Å². The molecule has 1 unspecified atom stereocenters. The second kappa shape index (κ2) is 10.9. The van der Waals surface area contributed by atoms with Crippen LogP contribution >= 0.6 is 7.60 Å². The number of carbonyl (C=O) groups excluding carboxylic acids is 3. The van der Waals surface area contributed by atoms with Gasteiger partial charge in [-0.3, -0.25) is 4.79 Å². The molecule has 130 valence electrons. The molecule has 0 spiro atoms. The fourth-order valence-corrected chi connectivity index (χ4v) is 3.43. The Kier molecular flexibility index (Phi) is 10.1. The molecule has 0 N–H and O–H groups in total. The lowest BCUT2D eigenvalue weighted by Crippen LogP contribution is -2.20. The molecule has 0 saturated carbocycles. The van der Waals surface area contributed by atoms with Gasteiger partial charge in [0.15, 0.2) is 0 Å². The zero-order valence-electron chi connectivity index (χ0n) is 14.1. The topological polar surface area (TPSA) is 86.7 Å². The highest BCUT2D eigenvalue weighted by Crippen LogP contribution is 2.52. The lowest BCUT2D eigenvalue weighted by molar-refractivity contribution is -0.136. The summed E-state index contributed by atoms with van der Waals surface area (Å²) in [6.45, 7) is 6.87. The monoisotopic (exact) mass is 344 g/mol. The Morgan fingerprint density at radius 2 is 1.48 bits per heavy atom. The molecule has 0 saturated heterocycles. The molecule has 0 fully saturated rings. The number of allylic oxidation sites excluding steroid dienone is 2. The molecule has 0 heterocycles. The Hall–Kier alpha value is -1.68. The number of hydrogen-bond acceptors (Lipinski definition) is 6. The Balaban J connectivity index is 5.45. The molecule has 0 aliphatic rings. The Labute approximate surface area is 137 Å². The Morgan fingerprint density at radius 3 is 1.83 bits per heavy atom. The minimum Gasteiger partial charge on any atom is -0.374 e. The van der Waals surface area contributed by atoms with Crippen LogP contribution < -0.4 is 0 Å². The summed E-state index contributed by atoms with van der Waals surface area (Å²) >= 11 is 0. The molecule has 0 bridgehead atoms. The molecule has 0 aromatic heterocycles. The average molecular weight is 344 g/mol. The van der Waals surface area contributed by atoms with E-state index in [-0.39, 0.29) is 0 Å². The highest BCUT2D eigenvalue weighted by atomic mass is 31.2. The van der Waals surface area contributed by atoms with Gasteiger partial charge >= 0.3 is 19.5 Å². The van der Waals surface area contributed by atoms with E-state index in [9.17, 15) is 18.9 Å². The van der Waals surface area contributed by atoms with Crippen LogP contribution in [0.25, 0.3) is 0 Å². The van der Waals surface area contributed by atoms with Gasteiger partial charge in [0, 0.05) is 18.1 Å². The molecule has 7 heteroatoms. The van der Waals surface area contributed by atoms with Gasteiger partial charge in [0.1, 0.15) is 0 Å². The third-order valence-electron chi connectivity index (χ3n) is 3.04. The van der Waals surface area contributed by atoms with Crippen LogP contribution in [-0.2, 0) is 28.0 Å². The summed E-state index contributed by atoms with van der Waals surface area (Å²) in [5.74, 6) is -2.55. The minimum absolute atomic E-state index is 0.422. The van der Waals surface area contributed by atoms with E-state index in [2.05, 4.69) is 0 Å². The van der Waals surface area contributed by atoms with Crippen LogP contribution in [0.5, 0.6) is 0 Å². The van der Waals surface area contributed by atoms with Gasteiger partial charge in [0.05, 0.1) is 0 Å². The van der Waals surface area contributed by atoms with E-state index in [0.29, 0.717) is 12.8 Å². The van der Waals surface area contributed by atoms with E-state index in [4.69, 9.17) is 9.05 Å². The molecular formula is C16H25O6P. The van der Waals surface area contributed by atoms with Crippen LogP contribution in [0.3, 0.4) is 0 Å². The standard InChI is InChI=1S/C16H25O6P/c1-5-9-12-13(8-4)16(19)23(20,21-14(17)10-6-2)22-15(18)11-7-3/h6-7,10-11,13H,5,8-9,12H2,1-4H3/b10-6+,11-7+. The van der Waals surface area contributed by atoms with Gasteiger partial charge in [0.2, 0.25) is 0 Å². The fraction of sp³-hybridized carbons (Fsp3) is 0.562. The zero-order chi connectivity index (χ0) is 17.9.